The first-order chi connectivity index (χ1) is 9.10. The smallest absolute Gasteiger partial charge is 0.330 e. The van der Waals surface area contributed by atoms with E-state index in [-0.39, 0.29) is 23.7 Å². The molecule has 1 heterocycles. The number of benzene rings is 1. The fraction of sp³-hybridized carbons (Fsp3) is 0.250. The van der Waals surface area contributed by atoms with Gasteiger partial charge in [0.05, 0.1) is 6.61 Å². The van der Waals surface area contributed by atoms with Crippen LogP contribution in [0.1, 0.15) is 12.5 Å². The second-order valence-electron chi connectivity index (χ2n) is 3.68. The normalized spacial score (nSPS) is 10.3. The maximum atomic E-state index is 13.8. The van der Waals surface area contributed by atoms with Crippen LogP contribution in [-0.4, -0.2) is 21.6 Å². The van der Waals surface area contributed by atoms with Crippen molar-refractivity contribution >= 4 is 5.95 Å². The van der Waals surface area contributed by atoms with Gasteiger partial charge in [-0.15, -0.1) is 4.98 Å². The van der Waals surface area contributed by atoms with Crippen LogP contribution in [0.5, 0.6) is 17.8 Å². The van der Waals surface area contributed by atoms with E-state index in [0.717, 1.165) is 0 Å². The van der Waals surface area contributed by atoms with Gasteiger partial charge in [-0.1, -0.05) is 12.1 Å². The van der Waals surface area contributed by atoms with Gasteiger partial charge in [-0.05, 0) is 25.5 Å². The highest BCUT2D eigenvalue weighted by Gasteiger charge is 2.11. The molecule has 0 aliphatic heterocycles. The molecule has 2 aromatic rings. The van der Waals surface area contributed by atoms with Crippen LogP contribution in [0, 0.1) is 12.7 Å². The monoisotopic (exact) mass is 264 g/mol. The molecule has 0 spiro atoms. The Morgan fingerprint density at radius 3 is 2.68 bits per heavy atom. The molecule has 1 aromatic heterocycles. The van der Waals surface area contributed by atoms with Crippen LogP contribution in [0.15, 0.2) is 18.2 Å². The first-order valence-electron chi connectivity index (χ1n) is 5.67. The SMILES string of the molecule is CCOc1nc(N)nc(Oc2cccc(C)c2F)n1. The first kappa shape index (κ1) is 13.0. The predicted molar refractivity (Wildman–Crippen MR) is 66.6 cm³/mol. The van der Waals surface area contributed by atoms with Gasteiger partial charge in [0.25, 0.3) is 0 Å². The zero-order chi connectivity index (χ0) is 13.8. The van der Waals surface area contributed by atoms with E-state index in [0.29, 0.717) is 12.2 Å². The molecule has 0 amide bonds. The van der Waals surface area contributed by atoms with Gasteiger partial charge in [0.1, 0.15) is 0 Å². The van der Waals surface area contributed by atoms with E-state index in [1.165, 1.54) is 6.07 Å². The van der Waals surface area contributed by atoms with Crippen LogP contribution in [0.25, 0.3) is 0 Å². The molecule has 7 heteroatoms. The first-order valence-corrected chi connectivity index (χ1v) is 5.67. The molecule has 0 saturated heterocycles. The summed E-state index contributed by atoms with van der Waals surface area (Å²) in [5.74, 6) is -0.506. The highest BCUT2D eigenvalue weighted by atomic mass is 19.1. The van der Waals surface area contributed by atoms with E-state index in [1.807, 2.05) is 0 Å². The molecule has 2 rings (SSSR count). The Labute approximate surface area is 109 Å². The summed E-state index contributed by atoms with van der Waals surface area (Å²) in [6.07, 6.45) is 0. The highest BCUT2D eigenvalue weighted by molar-refractivity contribution is 5.32. The van der Waals surface area contributed by atoms with E-state index >= 15 is 0 Å². The number of hydrogen-bond donors (Lipinski definition) is 1. The lowest BCUT2D eigenvalue weighted by Crippen LogP contribution is -2.05. The summed E-state index contributed by atoms with van der Waals surface area (Å²) < 4.78 is 24.1. The average molecular weight is 264 g/mol. The van der Waals surface area contributed by atoms with E-state index in [1.54, 1.807) is 26.0 Å². The maximum Gasteiger partial charge on any atom is 0.330 e. The van der Waals surface area contributed by atoms with Crippen molar-refractivity contribution in [3.63, 3.8) is 0 Å². The van der Waals surface area contributed by atoms with Crippen molar-refractivity contribution in [2.45, 2.75) is 13.8 Å². The van der Waals surface area contributed by atoms with E-state index in [2.05, 4.69) is 15.0 Å². The minimum atomic E-state index is -0.473. The van der Waals surface area contributed by atoms with Crippen molar-refractivity contribution in [2.75, 3.05) is 12.3 Å². The molecule has 2 N–H and O–H groups in total. The second kappa shape index (κ2) is 5.47. The Bertz CT molecular complexity index is 592. The summed E-state index contributed by atoms with van der Waals surface area (Å²) in [7, 11) is 0. The molecule has 19 heavy (non-hydrogen) atoms. The number of nitrogen functional groups attached to an aromatic ring is 1. The zero-order valence-electron chi connectivity index (χ0n) is 10.6. The van der Waals surface area contributed by atoms with Gasteiger partial charge in [0, 0.05) is 0 Å². The summed E-state index contributed by atoms with van der Waals surface area (Å²) in [4.78, 5) is 11.4. The minimum absolute atomic E-state index is 0.0213. The highest BCUT2D eigenvalue weighted by Crippen LogP contribution is 2.24. The Morgan fingerprint density at radius 1 is 1.21 bits per heavy atom. The zero-order valence-corrected chi connectivity index (χ0v) is 10.6. The number of hydrogen-bond acceptors (Lipinski definition) is 6. The number of aromatic nitrogens is 3. The topological polar surface area (TPSA) is 83.2 Å². The van der Waals surface area contributed by atoms with Crippen molar-refractivity contribution in [3.8, 4) is 17.8 Å². The predicted octanol–water partition coefficient (Wildman–Crippen LogP) is 2.09. The van der Waals surface area contributed by atoms with Gasteiger partial charge >= 0.3 is 12.0 Å². The number of halogens is 1. The molecule has 0 radical (unpaired) electrons. The summed E-state index contributed by atoms with van der Waals surface area (Å²) in [6, 6.07) is 4.71. The number of nitrogens with zero attached hydrogens (tertiary/aromatic N) is 3. The van der Waals surface area contributed by atoms with Crippen molar-refractivity contribution in [3.05, 3.63) is 29.6 Å². The molecule has 100 valence electrons. The van der Waals surface area contributed by atoms with Crippen LogP contribution in [-0.2, 0) is 0 Å². The molecule has 0 unspecified atom stereocenters. The quantitative estimate of drug-likeness (QED) is 0.910. The van der Waals surface area contributed by atoms with Gasteiger partial charge in [-0.25, -0.2) is 4.39 Å². The van der Waals surface area contributed by atoms with Crippen molar-refractivity contribution < 1.29 is 13.9 Å². The van der Waals surface area contributed by atoms with E-state index < -0.39 is 5.82 Å². The Balaban J connectivity index is 2.30. The summed E-state index contributed by atoms with van der Waals surface area (Å²) in [5.41, 5.74) is 5.96. The standard InChI is InChI=1S/C12H13FN4O2/c1-3-18-11-15-10(14)16-12(17-11)19-8-6-4-5-7(2)9(8)13/h4-6H,3H2,1-2H3,(H2,14,15,16,17). The molecule has 1 aromatic carbocycles. The lowest BCUT2D eigenvalue weighted by Gasteiger charge is -2.08. The molecule has 0 aliphatic rings. The Morgan fingerprint density at radius 2 is 1.95 bits per heavy atom. The van der Waals surface area contributed by atoms with Crippen molar-refractivity contribution in [1.29, 1.82) is 0 Å². The van der Waals surface area contributed by atoms with Gasteiger partial charge in [-0.3, -0.25) is 0 Å². The lowest BCUT2D eigenvalue weighted by atomic mass is 10.2. The maximum absolute atomic E-state index is 13.8. The van der Waals surface area contributed by atoms with Crippen LogP contribution in [0.4, 0.5) is 10.3 Å². The molecule has 0 fully saturated rings. The van der Waals surface area contributed by atoms with Crippen LogP contribution in [0.2, 0.25) is 0 Å². The number of rotatable bonds is 4. The van der Waals surface area contributed by atoms with E-state index in [9.17, 15) is 4.39 Å². The molecule has 0 saturated carbocycles. The second-order valence-corrected chi connectivity index (χ2v) is 3.68. The van der Waals surface area contributed by atoms with Crippen LogP contribution >= 0.6 is 0 Å². The van der Waals surface area contributed by atoms with E-state index in [4.69, 9.17) is 15.2 Å². The van der Waals surface area contributed by atoms with Gasteiger partial charge in [-0.2, -0.15) is 9.97 Å². The lowest BCUT2D eigenvalue weighted by molar-refractivity contribution is 0.302. The fourth-order valence-corrected chi connectivity index (χ4v) is 1.39. The number of ether oxygens (including phenoxy) is 2. The van der Waals surface area contributed by atoms with Crippen LogP contribution < -0.4 is 15.2 Å². The van der Waals surface area contributed by atoms with Crippen LogP contribution in [0.3, 0.4) is 0 Å². The molecular weight excluding hydrogens is 251 g/mol. The molecular formula is C12H13FN4O2. The number of anilines is 1. The molecule has 0 aliphatic carbocycles. The largest absolute Gasteiger partial charge is 0.464 e. The minimum Gasteiger partial charge on any atom is -0.464 e. The molecule has 0 atom stereocenters. The average Bonchev–Trinajstić information content (AvgIpc) is 2.35. The Hall–Kier alpha value is -2.44. The number of nitrogens with two attached hydrogens (primary N) is 1. The summed E-state index contributed by atoms with van der Waals surface area (Å²) in [6.45, 7) is 3.79. The summed E-state index contributed by atoms with van der Waals surface area (Å²) in [5, 5.41) is 0. The third-order valence-corrected chi connectivity index (χ3v) is 2.24. The third kappa shape index (κ3) is 3.06. The van der Waals surface area contributed by atoms with Gasteiger partial charge in [0.2, 0.25) is 5.95 Å². The summed E-state index contributed by atoms with van der Waals surface area (Å²) >= 11 is 0. The molecule has 0 bridgehead atoms. The third-order valence-electron chi connectivity index (χ3n) is 2.24. The number of aryl methyl sites for hydroxylation is 1. The van der Waals surface area contributed by atoms with Gasteiger partial charge < -0.3 is 15.2 Å². The van der Waals surface area contributed by atoms with Crippen molar-refractivity contribution in [1.82, 2.24) is 15.0 Å². The van der Waals surface area contributed by atoms with Crippen molar-refractivity contribution in [2.24, 2.45) is 0 Å². The Kier molecular flexibility index (Phi) is 3.74. The molecule has 6 nitrogen and oxygen atoms in total. The fourth-order valence-electron chi connectivity index (χ4n) is 1.39. The van der Waals surface area contributed by atoms with Gasteiger partial charge in [0.15, 0.2) is 11.6 Å².